The molecule has 0 bridgehead atoms. The molecule has 0 saturated heterocycles. The molecule has 0 N–H and O–H groups in total. The number of halogens is 1. The maximum Gasteiger partial charge on any atom is 0.157 e. The number of aryl methyl sites for hydroxylation is 1. The molecule has 0 fully saturated rings. The monoisotopic (exact) mass is 271 g/mol. The van der Waals surface area contributed by atoms with Gasteiger partial charge in [0.2, 0.25) is 0 Å². The normalized spacial score (nSPS) is 13.9. The lowest BCUT2D eigenvalue weighted by Gasteiger charge is -2.03. The lowest BCUT2D eigenvalue weighted by Crippen LogP contribution is -1.99. The van der Waals surface area contributed by atoms with Crippen LogP contribution in [0.15, 0.2) is 24.7 Å². The number of hydrogen-bond acceptors (Lipinski definition) is 4. The summed E-state index contributed by atoms with van der Waals surface area (Å²) in [4.78, 5) is 12.9. The van der Waals surface area contributed by atoms with Crippen molar-refractivity contribution in [2.24, 2.45) is 0 Å². The van der Waals surface area contributed by atoms with Crippen molar-refractivity contribution in [1.82, 2.24) is 24.6 Å². The zero-order valence-corrected chi connectivity index (χ0v) is 10.8. The van der Waals surface area contributed by atoms with E-state index in [1.807, 2.05) is 6.07 Å². The molecule has 3 aromatic heterocycles. The summed E-state index contributed by atoms with van der Waals surface area (Å²) in [7, 11) is 0. The number of fused-ring (bicyclic) bond motifs is 2. The Kier molecular flexibility index (Phi) is 2.29. The third-order valence-corrected chi connectivity index (χ3v) is 3.78. The molecule has 0 saturated carbocycles. The molecule has 0 unspecified atom stereocenters. The van der Waals surface area contributed by atoms with Crippen LogP contribution in [0.1, 0.15) is 17.7 Å². The molecule has 0 radical (unpaired) electrons. The number of rotatable bonds is 1. The summed E-state index contributed by atoms with van der Waals surface area (Å²) in [6.07, 6.45) is 8.07. The van der Waals surface area contributed by atoms with E-state index in [1.54, 1.807) is 23.1 Å². The average Bonchev–Trinajstić information content (AvgIpc) is 3.06. The molecule has 0 atom stereocenters. The van der Waals surface area contributed by atoms with Crippen LogP contribution in [-0.4, -0.2) is 24.6 Å². The van der Waals surface area contributed by atoms with Crippen molar-refractivity contribution >= 4 is 17.2 Å². The van der Waals surface area contributed by atoms with E-state index in [9.17, 15) is 0 Å². The van der Waals surface area contributed by atoms with Gasteiger partial charge >= 0.3 is 0 Å². The van der Waals surface area contributed by atoms with Gasteiger partial charge in [0.15, 0.2) is 5.65 Å². The van der Waals surface area contributed by atoms with Crippen molar-refractivity contribution in [2.45, 2.75) is 19.3 Å². The van der Waals surface area contributed by atoms with Crippen molar-refractivity contribution in [3.05, 3.63) is 41.1 Å². The van der Waals surface area contributed by atoms with Crippen molar-refractivity contribution in [3.63, 3.8) is 0 Å². The van der Waals surface area contributed by atoms with E-state index in [1.165, 1.54) is 0 Å². The fourth-order valence-electron chi connectivity index (χ4n) is 2.49. The van der Waals surface area contributed by atoms with Gasteiger partial charge in [0, 0.05) is 29.7 Å². The first kappa shape index (κ1) is 10.9. The molecule has 94 valence electrons. The summed E-state index contributed by atoms with van der Waals surface area (Å²) in [6.45, 7) is 0. The Balaban J connectivity index is 1.96. The second-order valence-corrected chi connectivity index (χ2v) is 4.93. The number of aromatic nitrogens is 5. The highest BCUT2D eigenvalue weighted by molar-refractivity contribution is 6.30. The van der Waals surface area contributed by atoms with E-state index in [0.717, 1.165) is 47.6 Å². The van der Waals surface area contributed by atoms with Crippen LogP contribution in [0.3, 0.4) is 0 Å². The van der Waals surface area contributed by atoms with Crippen LogP contribution in [0.4, 0.5) is 0 Å². The SMILES string of the molecule is Clc1c2c(nc3cc(-c4cnccn4)nn13)CCC2. The molecule has 5 nitrogen and oxygen atoms in total. The third kappa shape index (κ3) is 1.62. The first-order valence-electron chi connectivity index (χ1n) is 6.16. The zero-order chi connectivity index (χ0) is 12.8. The van der Waals surface area contributed by atoms with Gasteiger partial charge in [0.25, 0.3) is 0 Å². The van der Waals surface area contributed by atoms with Crippen LogP contribution in [0.5, 0.6) is 0 Å². The van der Waals surface area contributed by atoms with Gasteiger partial charge in [-0.2, -0.15) is 5.10 Å². The van der Waals surface area contributed by atoms with Gasteiger partial charge in [0.1, 0.15) is 16.5 Å². The van der Waals surface area contributed by atoms with E-state index in [-0.39, 0.29) is 0 Å². The van der Waals surface area contributed by atoms with E-state index in [2.05, 4.69) is 20.1 Å². The van der Waals surface area contributed by atoms with E-state index < -0.39 is 0 Å². The number of hydrogen-bond donors (Lipinski definition) is 0. The van der Waals surface area contributed by atoms with Gasteiger partial charge in [-0.15, -0.1) is 0 Å². The van der Waals surface area contributed by atoms with Crippen molar-refractivity contribution in [2.75, 3.05) is 0 Å². The van der Waals surface area contributed by atoms with Crippen LogP contribution in [0.2, 0.25) is 5.15 Å². The zero-order valence-electron chi connectivity index (χ0n) is 10.0. The smallest absolute Gasteiger partial charge is 0.157 e. The average molecular weight is 272 g/mol. The van der Waals surface area contributed by atoms with Gasteiger partial charge in [0.05, 0.1) is 6.20 Å². The summed E-state index contributed by atoms with van der Waals surface area (Å²) in [5.41, 5.74) is 4.47. The molecule has 0 amide bonds. The van der Waals surface area contributed by atoms with Crippen LogP contribution in [-0.2, 0) is 12.8 Å². The first-order chi connectivity index (χ1) is 9.33. The summed E-state index contributed by atoms with van der Waals surface area (Å²) in [5.74, 6) is 0. The second-order valence-electron chi connectivity index (χ2n) is 4.57. The molecule has 3 aromatic rings. The predicted octanol–water partition coefficient (Wildman–Crippen LogP) is 2.33. The molecule has 1 aliphatic carbocycles. The minimum atomic E-state index is 0.674. The molecule has 19 heavy (non-hydrogen) atoms. The minimum absolute atomic E-state index is 0.674. The Bertz CT molecular complexity index is 766. The first-order valence-corrected chi connectivity index (χ1v) is 6.54. The van der Waals surface area contributed by atoms with Crippen LogP contribution >= 0.6 is 11.6 Å². The lowest BCUT2D eigenvalue weighted by atomic mass is 10.3. The fourth-order valence-corrected chi connectivity index (χ4v) is 2.82. The highest BCUT2D eigenvalue weighted by Crippen LogP contribution is 2.29. The predicted molar refractivity (Wildman–Crippen MR) is 71.0 cm³/mol. The van der Waals surface area contributed by atoms with E-state index in [4.69, 9.17) is 11.6 Å². The Morgan fingerprint density at radius 3 is 2.95 bits per heavy atom. The quantitative estimate of drug-likeness (QED) is 0.638. The Morgan fingerprint density at radius 1 is 1.16 bits per heavy atom. The third-order valence-electron chi connectivity index (χ3n) is 3.39. The van der Waals surface area contributed by atoms with Crippen molar-refractivity contribution in [1.29, 1.82) is 0 Å². The van der Waals surface area contributed by atoms with E-state index >= 15 is 0 Å². The minimum Gasteiger partial charge on any atom is -0.261 e. The Hall–Kier alpha value is -2.01. The summed E-state index contributed by atoms with van der Waals surface area (Å²) < 4.78 is 1.69. The maximum absolute atomic E-state index is 6.41. The molecule has 0 aromatic carbocycles. The summed E-state index contributed by atoms with van der Waals surface area (Å²) in [6, 6.07) is 1.90. The highest BCUT2D eigenvalue weighted by Gasteiger charge is 2.20. The number of nitrogens with zero attached hydrogens (tertiary/aromatic N) is 5. The van der Waals surface area contributed by atoms with Gasteiger partial charge in [-0.25, -0.2) is 9.50 Å². The van der Waals surface area contributed by atoms with Gasteiger partial charge < -0.3 is 0 Å². The summed E-state index contributed by atoms with van der Waals surface area (Å²) in [5, 5.41) is 5.15. The molecule has 0 spiro atoms. The van der Waals surface area contributed by atoms with Gasteiger partial charge in [-0.05, 0) is 19.3 Å². The van der Waals surface area contributed by atoms with Crippen LogP contribution in [0.25, 0.3) is 17.0 Å². The highest BCUT2D eigenvalue weighted by atomic mass is 35.5. The molecule has 1 aliphatic rings. The molecule has 0 aliphatic heterocycles. The van der Waals surface area contributed by atoms with Crippen molar-refractivity contribution in [3.8, 4) is 11.4 Å². The van der Waals surface area contributed by atoms with Crippen molar-refractivity contribution < 1.29 is 0 Å². The Morgan fingerprint density at radius 2 is 2.11 bits per heavy atom. The molecular formula is C13H10ClN5. The Labute approximate surface area is 114 Å². The van der Waals surface area contributed by atoms with E-state index in [0.29, 0.717) is 5.15 Å². The van der Waals surface area contributed by atoms with Gasteiger partial charge in [-0.1, -0.05) is 11.6 Å². The molecule has 3 heterocycles. The molecule has 4 rings (SSSR count). The largest absolute Gasteiger partial charge is 0.261 e. The van der Waals surface area contributed by atoms with Gasteiger partial charge in [-0.3, -0.25) is 9.97 Å². The molecular weight excluding hydrogens is 262 g/mol. The topological polar surface area (TPSA) is 56.0 Å². The van der Waals surface area contributed by atoms with Crippen LogP contribution < -0.4 is 0 Å². The second kappa shape index (κ2) is 3.99. The summed E-state index contributed by atoms with van der Waals surface area (Å²) >= 11 is 6.41. The lowest BCUT2D eigenvalue weighted by molar-refractivity contribution is 0.900. The standard InChI is InChI=1S/C13H10ClN5/c14-13-8-2-1-3-9(8)17-12-6-10(18-19(12)13)11-7-15-4-5-16-11/h4-7H,1-3H2. The maximum atomic E-state index is 6.41. The molecule has 6 heteroatoms. The fraction of sp³-hybridized carbons (Fsp3) is 0.231. The van der Waals surface area contributed by atoms with Crippen LogP contribution in [0, 0.1) is 0 Å².